The van der Waals surface area contributed by atoms with Crippen molar-refractivity contribution < 1.29 is 0 Å². The van der Waals surface area contributed by atoms with Crippen LogP contribution in [0.5, 0.6) is 0 Å². The van der Waals surface area contributed by atoms with Crippen molar-refractivity contribution in [2.75, 3.05) is 0 Å². The molecule has 0 saturated heterocycles. The third-order valence-electron chi connectivity index (χ3n) is 1.81. The van der Waals surface area contributed by atoms with Crippen LogP contribution in [-0.4, -0.2) is 8.80 Å². The molecule has 0 fully saturated rings. The molecule has 0 aliphatic carbocycles. The third-order valence-corrected chi connectivity index (χ3v) is 5.43. The lowest BCUT2D eigenvalue weighted by Gasteiger charge is -2.10. The van der Waals surface area contributed by atoms with Crippen molar-refractivity contribution >= 4 is 25.8 Å². The molecule has 0 atom stereocenters. The molecule has 0 rings (SSSR count). The van der Waals surface area contributed by atoms with Gasteiger partial charge in [0.2, 0.25) is 0 Å². The average Bonchev–Trinajstić information content (AvgIpc) is 1.90. The Bertz CT molecular complexity index is 52.3. The molecule has 1 radical (unpaired) electrons. The normalized spacial score (nSPS) is 9.82. The standard InChI is InChI=1S/C9H21Si.BrH/c1-4-7-10(8-5-2)9-6-3;/h4-9H2,1-3H3;1H. The van der Waals surface area contributed by atoms with Crippen molar-refractivity contribution in [3.05, 3.63) is 0 Å². The van der Waals surface area contributed by atoms with E-state index in [0.29, 0.717) is 0 Å². The maximum absolute atomic E-state index is 2.32. The first-order valence-electron chi connectivity index (χ1n) is 4.68. The Labute approximate surface area is 84.1 Å². The molecule has 0 aliphatic rings. The van der Waals surface area contributed by atoms with Crippen LogP contribution in [0.4, 0.5) is 0 Å². The zero-order valence-electron chi connectivity index (χ0n) is 8.15. The fourth-order valence-corrected chi connectivity index (χ4v) is 4.31. The predicted octanol–water partition coefficient (Wildman–Crippen LogP) is 4.29. The number of hydrogen-bond acceptors (Lipinski definition) is 0. The zero-order chi connectivity index (χ0) is 7.82. The summed E-state index contributed by atoms with van der Waals surface area (Å²) in [5.74, 6) is 0. The highest BCUT2D eigenvalue weighted by Crippen LogP contribution is 2.11. The van der Waals surface area contributed by atoms with Gasteiger partial charge in [0, 0.05) is 8.80 Å². The lowest BCUT2D eigenvalue weighted by atomic mass is 10.6. The van der Waals surface area contributed by atoms with Gasteiger partial charge >= 0.3 is 0 Å². The van der Waals surface area contributed by atoms with E-state index in [1.807, 2.05) is 0 Å². The lowest BCUT2D eigenvalue weighted by molar-refractivity contribution is 0.957. The molecule has 0 unspecified atom stereocenters. The fourth-order valence-electron chi connectivity index (χ4n) is 1.44. The minimum absolute atomic E-state index is 0. The van der Waals surface area contributed by atoms with E-state index in [4.69, 9.17) is 0 Å². The van der Waals surface area contributed by atoms with E-state index in [0.717, 1.165) is 0 Å². The van der Waals surface area contributed by atoms with Crippen LogP contribution >= 0.6 is 17.0 Å². The monoisotopic (exact) mass is 237 g/mol. The van der Waals surface area contributed by atoms with Crippen molar-refractivity contribution in [3.63, 3.8) is 0 Å². The van der Waals surface area contributed by atoms with Gasteiger partial charge in [-0.15, -0.1) is 17.0 Å². The van der Waals surface area contributed by atoms with Crippen LogP contribution in [-0.2, 0) is 0 Å². The molecule has 0 amide bonds. The van der Waals surface area contributed by atoms with E-state index < -0.39 is 0 Å². The molecule has 0 spiro atoms. The van der Waals surface area contributed by atoms with E-state index in [9.17, 15) is 0 Å². The Morgan fingerprint density at radius 1 is 0.727 bits per heavy atom. The van der Waals surface area contributed by atoms with Crippen LogP contribution in [0.15, 0.2) is 0 Å². The van der Waals surface area contributed by atoms with Gasteiger partial charge in [-0.2, -0.15) is 0 Å². The highest BCUT2D eigenvalue weighted by Gasteiger charge is 2.05. The highest BCUT2D eigenvalue weighted by atomic mass is 79.9. The van der Waals surface area contributed by atoms with Crippen molar-refractivity contribution in [1.29, 1.82) is 0 Å². The Hall–Kier alpha value is 0.697. The lowest BCUT2D eigenvalue weighted by Crippen LogP contribution is -2.09. The van der Waals surface area contributed by atoms with E-state index >= 15 is 0 Å². The first-order valence-corrected chi connectivity index (χ1v) is 6.80. The average molecular weight is 238 g/mol. The van der Waals surface area contributed by atoms with Gasteiger partial charge in [0.15, 0.2) is 0 Å². The van der Waals surface area contributed by atoms with Crippen LogP contribution in [0, 0.1) is 0 Å². The van der Waals surface area contributed by atoms with Crippen molar-refractivity contribution in [3.8, 4) is 0 Å². The van der Waals surface area contributed by atoms with E-state index in [1.165, 1.54) is 19.3 Å². The maximum atomic E-state index is 2.32. The fraction of sp³-hybridized carbons (Fsp3) is 1.00. The molecule has 2 heteroatoms. The molecule has 0 saturated carbocycles. The Balaban J connectivity index is 0. The summed E-state index contributed by atoms with van der Waals surface area (Å²) >= 11 is 0. The molecule has 0 aromatic carbocycles. The number of rotatable bonds is 6. The summed E-state index contributed by atoms with van der Waals surface area (Å²) in [5, 5.41) is 0. The summed E-state index contributed by atoms with van der Waals surface area (Å²) in [6, 6.07) is 4.64. The van der Waals surface area contributed by atoms with Gasteiger partial charge in [-0.3, -0.25) is 0 Å². The summed E-state index contributed by atoms with van der Waals surface area (Å²) in [4.78, 5) is 0. The van der Waals surface area contributed by atoms with Gasteiger partial charge in [-0.05, 0) is 0 Å². The van der Waals surface area contributed by atoms with Crippen molar-refractivity contribution in [2.24, 2.45) is 0 Å². The predicted molar refractivity (Wildman–Crippen MR) is 61.4 cm³/mol. The van der Waals surface area contributed by atoms with Crippen LogP contribution in [0.1, 0.15) is 40.0 Å². The van der Waals surface area contributed by atoms with E-state index in [2.05, 4.69) is 20.8 Å². The molecule has 0 bridgehead atoms. The van der Waals surface area contributed by atoms with Gasteiger partial charge in [-0.25, -0.2) is 0 Å². The molecule has 0 aromatic heterocycles. The first kappa shape index (κ1) is 14.2. The van der Waals surface area contributed by atoms with Gasteiger partial charge < -0.3 is 0 Å². The second-order valence-corrected chi connectivity index (χ2v) is 6.00. The molecule has 0 heterocycles. The summed E-state index contributed by atoms with van der Waals surface area (Å²) < 4.78 is 0. The molecule has 0 N–H and O–H groups in total. The van der Waals surface area contributed by atoms with Crippen LogP contribution in [0.2, 0.25) is 18.1 Å². The molecule has 0 nitrogen and oxygen atoms in total. The Kier molecular flexibility index (Phi) is 13.8. The minimum atomic E-state index is 0. The molecule has 69 valence electrons. The van der Waals surface area contributed by atoms with Gasteiger partial charge in [0.25, 0.3) is 0 Å². The number of hydrogen-bond donors (Lipinski definition) is 0. The van der Waals surface area contributed by atoms with Crippen LogP contribution < -0.4 is 0 Å². The van der Waals surface area contributed by atoms with Gasteiger partial charge in [0.1, 0.15) is 0 Å². The quantitative estimate of drug-likeness (QED) is 0.605. The third kappa shape index (κ3) is 8.60. The highest BCUT2D eigenvalue weighted by molar-refractivity contribution is 8.93. The molecule has 0 aliphatic heterocycles. The molecule has 11 heavy (non-hydrogen) atoms. The molecule has 0 aromatic rings. The second-order valence-electron chi connectivity index (χ2n) is 3.00. The SMILES string of the molecule is Br.CCC[Si](CCC)CCC. The topological polar surface area (TPSA) is 0 Å². The summed E-state index contributed by atoms with van der Waals surface area (Å²) in [6.07, 6.45) is 4.23. The largest absolute Gasteiger partial charge is 0.114 e. The van der Waals surface area contributed by atoms with E-state index in [1.54, 1.807) is 18.1 Å². The van der Waals surface area contributed by atoms with Gasteiger partial charge in [-0.1, -0.05) is 58.2 Å². The van der Waals surface area contributed by atoms with Crippen LogP contribution in [0.25, 0.3) is 0 Å². The summed E-state index contributed by atoms with van der Waals surface area (Å²) in [5.41, 5.74) is 0. The van der Waals surface area contributed by atoms with Crippen LogP contribution in [0.3, 0.4) is 0 Å². The Morgan fingerprint density at radius 2 is 1.00 bits per heavy atom. The Morgan fingerprint density at radius 3 is 1.18 bits per heavy atom. The molecular weight excluding hydrogens is 216 g/mol. The molecular formula is C9H22BrSi. The van der Waals surface area contributed by atoms with E-state index in [-0.39, 0.29) is 25.8 Å². The summed E-state index contributed by atoms with van der Waals surface area (Å²) in [6.45, 7) is 6.95. The van der Waals surface area contributed by atoms with Gasteiger partial charge in [0.05, 0.1) is 0 Å². The van der Waals surface area contributed by atoms with Crippen molar-refractivity contribution in [1.82, 2.24) is 0 Å². The van der Waals surface area contributed by atoms with Crippen molar-refractivity contribution in [2.45, 2.75) is 58.2 Å². The smallest absolute Gasteiger partial charge is 0.0478 e. The second kappa shape index (κ2) is 10.7. The summed E-state index contributed by atoms with van der Waals surface area (Å²) in [7, 11) is 0.103. The first-order chi connectivity index (χ1) is 4.85. The number of halogens is 1. The maximum Gasteiger partial charge on any atom is 0.0478 e. The minimum Gasteiger partial charge on any atom is -0.114 e. The zero-order valence-corrected chi connectivity index (χ0v) is 10.9.